The highest BCUT2D eigenvalue weighted by atomic mass is 32.2. The van der Waals surface area contributed by atoms with Gasteiger partial charge in [0.25, 0.3) is 0 Å². The van der Waals surface area contributed by atoms with Crippen LogP contribution in [0.15, 0.2) is 23.1 Å². The van der Waals surface area contributed by atoms with Crippen molar-refractivity contribution in [1.29, 1.82) is 0 Å². The molecular formula is C8H8F3NO4S. The van der Waals surface area contributed by atoms with Crippen molar-refractivity contribution in [2.24, 2.45) is 5.14 Å². The molecule has 0 aromatic heterocycles. The van der Waals surface area contributed by atoms with E-state index in [0.717, 1.165) is 19.2 Å². The zero-order chi connectivity index (χ0) is 13.3. The van der Waals surface area contributed by atoms with E-state index in [0.29, 0.717) is 6.07 Å². The van der Waals surface area contributed by atoms with Crippen molar-refractivity contribution in [1.82, 2.24) is 0 Å². The van der Waals surface area contributed by atoms with Gasteiger partial charge in [-0.2, -0.15) is 0 Å². The van der Waals surface area contributed by atoms with E-state index < -0.39 is 27.0 Å². The summed E-state index contributed by atoms with van der Waals surface area (Å²) in [5.74, 6) is -0.857. The second-order valence-electron chi connectivity index (χ2n) is 2.91. The molecular weight excluding hydrogens is 263 g/mol. The number of primary sulfonamides is 1. The molecule has 1 rings (SSSR count). The van der Waals surface area contributed by atoms with Gasteiger partial charge in [-0.05, 0) is 12.1 Å². The van der Waals surface area contributed by atoms with Crippen molar-refractivity contribution in [3.05, 3.63) is 18.2 Å². The molecule has 0 fully saturated rings. The fourth-order valence-electron chi connectivity index (χ4n) is 1.08. The van der Waals surface area contributed by atoms with Gasteiger partial charge in [0.1, 0.15) is 16.4 Å². The van der Waals surface area contributed by atoms with E-state index in [9.17, 15) is 21.6 Å². The number of hydrogen-bond acceptors (Lipinski definition) is 4. The van der Waals surface area contributed by atoms with E-state index in [2.05, 4.69) is 9.47 Å². The molecule has 0 aliphatic heterocycles. The van der Waals surface area contributed by atoms with Crippen LogP contribution in [0.5, 0.6) is 11.5 Å². The first kappa shape index (κ1) is 13.6. The van der Waals surface area contributed by atoms with Crippen LogP contribution in [0.2, 0.25) is 0 Å². The predicted octanol–water partition coefficient (Wildman–Crippen LogP) is 1.24. The third-order valence-electron chi connectivity index (χ3n) is 1.68. The lowest BCUT2D eigenvalue weighted by Crippen LogP contribution is -2.18. The average Bonchev–Trinajstić information content (AvgIpc) is 2.13. The van der Waals surface area contributed by atoms with Crippen molar-refractivity contribution in [2.75, 3.05) is 7.11 Å². The Morgan fingerprint density at radius 1 is 1.29 bits per heavy atom. The van der Waals surface area contributed by atoms with Gasteiger partial charge in [-0.15, -0.1) is 13.2 Å². The summed E-state index contributed by atoms with van der Waals surface area (Å²) in [5.41, 5.74) is 0. The van der Waals surface area contributed by atoms with Crippen molar-refractivity contribution in [2.45, 2.75) is 11.3 Å². The summed E-state index contributed by atoms with van der Waals surface area (Å²) >= 11 is 0. The van der Waals surface area contributed by atoms with Gasteiger partial charge < -0.3 is 9.47 Å². The maximum absolute atomic E-state index is 11.9. The van der Waals surface area contributed by atoms with Gasteiger partial charge in [0.05, 0.1) is 7.11 Å². The molecule has 1 aromatic rings. The first-order valence-electron chi connectivity index (χ1n) is 4.10. The van der Waals surface area contributed by atoms with Crippen LogP contribution in [-0.2, 0) is 10.0 Å². The van der Waals surface area contributed by atoms with Gasteiger partial charge in [-0.1, -0.05) is 0 Å². The molecule has 96 valence electrons. The summed E-state index contributed by atoms with van der Waals surface area (Å²) in [6.07, 6.45) is -4.91. The van der Waals surface area contributed by atoms with Crippen molar-refractivity contribution in [3.63, 3.8) is 0 Å². The van der Waals surface area contributed by atoms with Gasteiger partial charge in [0, 0.05) is 6.07 Å². The maximum atomic E-state index is 11.9. The van der Waals surface area contributed by atoms with E-state index in [-0.39, 0.29) is 5.75 Å². The summed E-state index contributed by atoms with van der Waals surface area (Å²) in [4.78, 5) is -0.582. The van der Waals surface area contributed by atoms with Crippen molar-refractivity contribution >= 4 is 10.0 Å². The molecule has 0 bridgehead atoms. The zero-order valence-electron chi connectivity index (χ0n) is 8.48. The Balaban J connectivity index is 3.24. The van der Waals surface area contributed by atoms with E-state index >= 15 is 0 Å². The Labute approximate surface area is 95.0 Å². The van der Waals surface area contributed by atoms with Gasteiger partial charge in [0.2, 0.25) is 10.0 Å². The normalized spacial score (nSPS) is 12.3. The Hall–Kier alpha value is -1.48. The molecule has 17 heavy (non-hydrogen) atoms. The minimum absolute atomic E-state index is 0.165. The SMILES string of the molecule is COc1ccc(OC(F)(F)F)cc1S(N)(=O)=O. The zero-order valence-corrected chi connectivity index (χ0v) is 9.30. The molecule has 0 aliphatic rings. The molecule has 0 radical (unpaired) electrons. The topological polar surface area (TPSA) is 78.6 Å². The summed E-state index contributed by atoms with van der Waals surface area (Å²) in [6, 6.07) is 2.57. The Morgan fingerprint density at radius 2 is 1.88 bits per heavy atom. The lowest BCUT2D eigenvalue weighted by atomic mass is 10.3. The first-order valence-corrected chi connectivity index (χ1v) is 5.65. The molecule has 0 amide bonds. The minimum Gasteiger partial charge on any atom is -0.495 e. The van der Waals surface area contributed by atoms with Gasteiger partial charge in [0.15, 0.2) is 0 Å². The maximum Gasteiger partial charge on any atom is 0.573 e. The monoisotopic (exact) mass is 271 g/mol. The molecule has 1 aromatic carbocycles. The standard InChI is InChI=1S/C8H8F3NO4S/c1-15-6-3-2-5(16-8(9,10)11)4-7(6)17(12,13)14/h2-4H,1H3,(H2,12,13,14). The van der Waals surface area contributed by atoms with E-state index in [1.54, 1.807) is 0 Å². The molecule has 0 saturated carbocycles. The summed E-state index contributed by atoms with van der Waals surface area (Å²) < 4.78 is 66.2. The summed E-state index contributed by atoms with van der Waals surface area (Å²) in [6.45, 7) is 0. The van der Waals surface area contributed by atoms with Gasteiger partial charge in [-0.25, -0.2) is 13.6 Å². The first-order chi connectivity index (χ1) is 7.63. The van der Waals surface area contributed by atoms with Crippen LogP contribution in [0.1, 0.15) is 0 Å². The largest absolute Gasteiger partial charge is 0.573 e. The number of rotatable bonds is 3. The van der Waals surface area contributed by atoms with Crippen LogP contribution in [0.3, 0.4) is 0 Å². The number of benzene rings is 1. The molecule has 0 aliphatic carbocycles. The number of methoxy groups -OCH3 is 1. The Morgan fingerprint density at radius 3 is 2.29 bits per heavy atom. The summed E-state index contributed by atoms with van der Waals surface area (Å²) in [7, 11) is -3.03. The number of alkyl halides is 3. The number of sulfonamides is 1. The second-order valence-corrected chi connectivity index (χ2v) is 4.44. The number of nitrogens with two attached hydrogens (primary N) is 1. The fourth-order valence-corrected chi connectivity index (χ4v) is 1.79. The highest BCUT2D eigenvalue weighted by Gasteiger charge is 2.31. The second kappa shape index (κ2) is 4.41. The lowest BCUT2D eigenvalue weighted by molar-refractivity contribution is -0.274. The number of hydrogen-bond donors (Lipinski definition) is 1. The van der Waals surface area contributed by atoms with Crippen LogP contribution in [0.4, 0.5) is 13.2 Å². The van der Waals surface area contributed by atoms with E-state index in [4.69, 9.17) is 5.14 Å². The number of halogens is 3. The third-order valence-corrected chi connectivity index (χ3v) is 2.61. The minimum atomic E-state index is -4.91. The van der Waals surface area contributed by atoms with Crippen molar-refractivity contribution < 1.29 is 31.1 Å². The van der Waals surface area contributed by atoms with Crippen molar-refractivity contribution in [3.8, 4) is 11.5 Å². The van der Waals surface area contributed by atoms with Crippen LogP contribution < -0.4 is 14.6 Å². The van der Waals surface area contributed by atoms with E-state index in [1.807, 2.05) is 0 Å². The number of ether oxygens (including phenoxy) is 2. The summed E-state index contributed by atoms with van der Waals surface area (Å²) in [5, 5.41) is 4.82. The lowest BCUT2D eigenvalue weighted by Gasteiger charge is -2.11. The van der Waals surface area contributed by atoms with E-state index in [1.165, 1.54) is 0 Å². The molecule has 0 unspecified atom stereocenters. The van der Waals surface area contributed by atoms with Crippen LogP contribution >= 0.6 is 0 Å². The molecule has 0 heterocycles. The van der Waals surface area contributed by atoms with Crippen LogP contribution in [-0.4, -0.2) is 21.9 Å². The smallest absolute Gasteiger partial charge is 0.495 e. The van der Waals surface area contributed by atoms with Crippen LogP contribution in [0.25, 0.3) is 0 Å². The molecule has 0 atom stereocenters. The van der Waals surface area contributed by atoms with Gasteiger partial charge in [-0.3, -0.25) is 0 Å². The predicted molar refractivity (Wildman–Crippen MR) is 51.1 cm³/mol. The molecule has 0 spiro atoms. The van der Waals surface area contributed by atoms with Crippen LogP contribution in [0, 0.1) is 0 Å². The third kappa shape index (κ3) is 3.79. The average molecular weight is 271 g/mol. The van der Waals surface area contributed by atoms with Gasteiger partial charge >= 0.3 is 6.36 Å². The Bertz CT molecular complexity index is 512. The molecule has 5 nitrogen and oxygen atoms in total. The quantitative estimate of drug-likeness (QED) is 0.897. The molecule has 0 saturated heterocycles. The molecule has 2 N–H and O–H groups in total. The Kier molecular flexibility index (Phi) is 3.53. The highest BCUT2D eigenvalue weighted by molar-refractivity contribution is 7.89. The molecule has 9 heteroatoms. The highest BCUT2D eigenvalue weighted by Crippen LogP contribution is 2.30. The fraction of sp³-hybridized carbons (Fsp3) is 0.250.